The fourth-order valence-corrected chi connectivity index (χ4v) is 5.49. The van der Waals surface area contributed by atoms with Crippen LogP contribution in [0.15, 0.2) is 91.5 Å². The Morgan fingerprint density at radius 1 is 0.921 bits per heavy atom. The first kappa shape index (κ1) is 22.4. The number of aromatic amines is 2. The summed E-state index contributed by atoms with van der Waals surface area (Å²) >= 11 is 0. The van der Waals surface area contributed by atoms with E-state index < -0.39 is 0 Å². The van der Waals surface area contributed by atoms with Crippen LogP contribution in [-0.4, -0.2) is 30.1 Å². The van der Waals surface area contributed by atoms with E-state index in [1.165, 1.54) is 25.7 Å². The van der Waals surface area contributed by atoms with Gasteiger partial charge in [-0.3, -0.25) is 15.1 Å². The van der Waals surface area contributed by atoms with Crippen LogP contribution in [0.4, 0.5) is 5.69 Å². The van der Waals surface area contributed by atoms with Crippen molar-refractivity contribution in [3.8, 4) is 33.9 Å². The maximum Gasteiger partial charge on any atom is 0.135 e. The van der Waals surface area contributed by atoms with E-state index in [9.17, 15) is 0 Å². The molecule has 0 atom stereocenters. The van der Waals surface area contributed by atoms with Gasteiger partial charge < -0.3 is 10.3 Å². The number of rotatable bonds is 6. The molecule has 0 unspecified atom stereocenters. The Balaban J connectivity index is 1.25. The van der Waals surface area contributed by atoms with Crippen LogP contribution in [0.2, 0.25) is 0 Å². The zero-order valence-corrected chi connectivity index (χ0v) is 20.9. The number of H-pyrrole nitrogens is 2. The van der Waals surface area contributed by atoms with Crippen molar-refractivity contribution in [3.63, 3.8) is 0 Å². The summed E-state index contributed by atoms with van der Waals surface area (Å²) in [6, 6.07) is 20.4. The van der Waals surface area contributed by atoms with Crippen LogP contribution in [0.5, 0.6) is 0 Å². The lowest BCUT2D eigenvalue weighted by atomic mass is 10.0. The van der Waals surface area contributed by atoms with E-state index in [0.29, 0.717) is 5.92 Å². The average Bonchev–Trinajstić information content (AvgIpc) is 3.73. The number of hydrogen-bond donors (Lipinski definition) is 3. The summed E-state index contributed by atoms with van der Waals surface area (Å²) in [4.78, 5) is 17.6. The third-order valence-corrected chi connectivity index (χ3v) is 7.45. The molecule has 1 aromatic carbocycles. The highest BCUT2D eigenvalue weighted by Crippen LogP contribution is 2.34. The average molecular weight is 498 g/mol. The van der Waals surface area contributed by atoms with Crippen molar-refractivity contribution in [2.24, 2.45) is 5.92 Å². The van der Waals surface area contributed by atoms with E-state index in [2.05, 4.69) is 61.3 Å². The molecule has 0 aliphatic heterocycles. The standard InChI is InChI=1S/C31H27N7/c1-19(20-7-2-3-8-20)34-22-15-21(17-32-18-22)25-12-13-28-30(36-25)31(38-37-28)29-16-24-23(9-6-11-27(24)35-29)26-10-4-5-14-33-26/h4-6,9-18,20,34-35H,1-3,7-8H2,(H,37,38). The molecule has 1 saturated carbocycles. The fourth-order valence-electron chi connectivity index (χ4n) is 5.49. The number of benzene rings is 1. The minimum atomic E-state index is 0.538. The molecule has 0 radical (unpaired) electrons. The molecule has 1 aliphatic carbocycles. The molecule has 7 nitrogen and oxygen atoms in total. The number of hydrogen-bond acceptors (Lipinski definition) is 5. The highest BCUT2D eigenvalue weighted by molar-refractivity contribution is 6.00. The van der Waals surface area contributed by atoms with Crippen molar-refractivity contribution in [2.45, 2.75) is 25.7 Å². The van der Waals surface area contributed by atoms with Gasteiger partial charge in [0, 0.05) is 40.1 Å². The van der Waals surface area contributed by atoms with Crippen molar-refractivity contribution in [3.05, 3.63) is 91.5 Å². The van der Waals surface area contributed by atoms with Crippen molar-refractivity contribution >= 4 is 27.6 Å². The minimum absolute atomic E-state index is 0.538. The van der Waals surface area contributed by atoms with Crippen LogP contribution in [-0.2, 0) is 0 Å². The zero-order valence-electron chi connectivity index (χ0n) is 20.9. The lowest BCUT2D eigenvalue weighted by molar-refractivity contribution is 0.649. The highest BCUT2D eigenvalue weighted by Gasteiger charge is 2.19. The van der Waals surface area contributed by atoms with Crippen molar-refractivity contribution < 1.29 is 0 Å². The number of fused-ring (bicyclic) bond motifs is 2. The van der Waals surface area contributed by atoms with Gasteiger partial charge in [0.05, 0.1) is 34.5 Å². The molecule has 38 heavy (non-hydrogen) atoms. The number of nitrogens with one attached hydrogen (secondary N) is 3. The Labute approximate surface area is 220 Å². The monoisotopic (exact) mass is 497 g/mol. The predicted molar refractivity (Wildman–Crippen MR) is 152 cm³/mol. The lowest BCUT2D eigenvalue weighted by Gasteiger charge is -2.15. The zero-order chi connectivity index (χ0) is 25.5. The van der Waals surface area contributed by atoms with Gasteiger partial charge in [-0.1, -0.05) is 37.6 Å². The van der Waals surface area contributed by atoms with Crippen molar-refractivity contribution in [1.29, 1.82) is 0 Å². The third kappa shape index (κ3) is 4.02. The van der Waals surface area contributed by atoms with Gasteiger partial charge in [0.25, 0.3) is 0 Å². The number of anilines is 1. The Morgan fingerprint density at radius 3 is 2.71 bits per heavy atom. The van der Waals surface area contributed by atoms with Crippen LogP contribution in [0.25, 0.3) is 55.8 Å². The molecule has 0 bridgehead atoms. The predicted octanol–water partition coefficient (Wildman–Crippen LogP) is 7.35. The van der Waals surface area contributed by atoms with E-state index in [1.807, 2.05) is 55.0 Å². The Kier molecular flexibility index (Phi) is 5.47. The molecule has 6 aromatic rings. The smallest absolute Gasteiger partial charge is 0.135 e. The molecule has 1 aliphatic rings. The molecule has 7 heteroatoms. The normalized spacial score (nSPS) is 13.9. The summed E-state index contributed by atoms with van der Waals surface area (Å²) in [5, 5.41) is 12.3. The first-order valence-corrected chi connectivity index (χ1v) is 13.0. The molecule has 1 fully saturated rings. The fraction of sp³-hybridized carbons (Fsp3) is 0.161. The van der Waals surface area contributed by atoms with Crippen LogP contribution < -0.4 is 5.32 Å². The summed E-state index contributed by atoms with van der Waals surface area (Å²) in [5.74, 6) is 0.538. The van der Waals surface area contributed by atoms with E-state index in [4.69, 9.17) is 4.98 Å². The summed E-state index contributed by atoms with van der Waals surface area (Å²) in [6.45, 7) is 4.28. The third-order valence-electron chi connectivity index (χ3n) is 7.45. The lowest BCUT2D eigenvalue weighted by Crippen LogP contribution is -2.07. The molecule has 0 spiro atoms. The van der Waals surface area contributed by atoms with E-state index >= 15 is 0 Å². The van der Waals surface area contributed by atoms with Crippen LogP contribution >= 0.6 is 0 Å². The Bertz CT molecular complexity index is 1770. The molecular formula is C31H27N7. The van der Waals surface area contributed by atoms with Crippen molar-refractivity contribution in [2.75, 3.05) is 5.32 Å². The van der Waals surface area contributed by atoms with Gasteiger partial charge in [-0.05, 0) is 61.2 Å². The Morgan fingerprint density at radius 2 is 1.84 bits per heavy atom. The first-order valence-electron chi connectivity index (χ1n) is 13.0. The minimum Gasteiger partial charge on any atom is -0.358 e. The van der Waals surface area contributed by atoms with Gasteiger partial charge in [-0.2, -0.15) is 5.10 Å². The summed E-state index contributed by atoms with van der Waals surface area (Å²) in [5.41, 5.74) is 10.2. The number of pyridine rings is 3. The van der Waals surface area contributed by atoms with E-state index in [-0.39, 0.29) is 0 Å². The van der Waals surface area contributed by atoms with Crippen LogP contribution in [0.3, 0.4) is 0 Å². The second-order valence-electron chi connectivity index (χ2n) is 9.92. The molecule has 0 saturated heterocycles. The molecule has 5 heterocycles. The molecule has 3 N–H and O–H groups in total. The number of aromatic nitrogens is 6. The summed E-state index contributed by atoms with van der Waals surface area (Å²) in [7, 11) is 0. The Hall–Kier alpha value is -4.78. The molecule has 7 rings (SSSR count). The highest BCUT2D eigenvalue weighted by atomic mass is 15.1. The van der Waals surface area contributed by atoms with Crippen LogP contribution in [0, 0.1) is 5.92 Å². The van der Waals surface area contributed by atoms with Gasteiger partial charge >= 0.3 is 0 Å². The summed E-state index contributed by atoms with van der Waals surface area (Å²) < 4.78 is 0. The van der Waals surface area contributed by atoms with E-state index in [1.54, 1.807) is 0 Å². The second-order valence-corrected chi connectivity index (χ2v) is 9.92. The molecular weight excluding hydrogens is 470 g/mol. The van der Waals surface area contributed by atoms with Gasteiger partial charge in [0.15, 0.2) is 0 Å². The van der Waals surface area contributed by atoms with Crippen LogP contribution in [0.1, 0.15) is 25.7 Å². The largest absolute Gasteiger partial charge is 0.358 e. The summed E-state index contributed by atoms with van der Waals surface area (Å²) in [6.07, 6.45) is 10.5. The quantitative estimate of drug-likeness (QED) is 0.224. The van der Waals surface area contributed by atoms with Gasteiger partial charge in [0.2, 0.25) is 0 Å². The number of nitrogens with zero attached hydrogens (tertiary/aromatic N) is 4. The molecule has 5 aromatic heterocycles. The maximum absolute atomic E-state index is 5.01. The van der Waals surface area contributed by atoms with Crippen molar-refractivity contribution in [1.82, 2.24) is 30.1 Å². The number of allylic oxidation sites excluding steroid dienone is 1. The molecule has 186 valence electrons. The van der Waals surface area contributed by atoms with Gasteiger partial charge in [-0.15, -0.1) is 0 Å². The topological polar surface area (TPSA) is 95.2 Å². The molecule has 0 amide bonds. The van der Waals surface area contributed by atoms with Gasteiger partial charge in [0.1, 0.15) is 11.2 Å². The van der Waals surface area contributed by atoms with E-state index in [0.717, 1.165) is 67.2 Å². The SMILES string of the molecule is C=C(Nc1cncc(-c2ccc3[nH]nc(-c4cc5c(-c6ccccn6)cccc5[nH]4)c3n2)c1)C1CCCC1. The maximum atomic E-state index is 5.01. The second kappa shape index (κ2) is 9.27. The van der Waals surface area contributed by atoms with Gasteiger partial charge in [-0.25, -0.2) is 4.98 Å². The first-order chi connectivity index (χ1) is 18.7.